The molecule has 0 aromatic heterocycles. The smallest absolute Gasteiger partial charge is 0.258 e. The normalized spacial score (nSPS) is 15.9. The lowest BCUT2D eigenvalue weighted by Gasteiger charge is -2.21. The molecular formula is C17H17ClFO3P. The number of aliphatic hydroxyl groups excluding tert-OH is 1. The Morgan fingerprint density at radius 2 is 1.87 bits per heavy atom. The molecule has 0 saturated heterocycles. The molecule has 23 heavy (non-hydrogen) atoms. The van der Waals surface area contributed by atoms with Crippen LogP contribution in [0.5, 0.6) is 0 Å². The van der Waals surface area contributed by atoms with Crippen LogP contribution in [-0.4, -0.2) is 11.7 Å². The van der Waals surface area contributed by atoms with E-state index >= 15 is 0 Å². The summed E-state index contributed by atoms with van der Waals surface area (Å²) in [6.45, 7) is 1.82. The summed E-state index contributed by atoms with van der Waals surface area (Å²) in [6.07, 6.45) is 0. The zero-order valence-electron chi connectivity index (χ0n) is 12.5. The molecule has 2 aromatic carbocycles. The van der Waals surface area contributed by atoms with Gasteiger partial charge in [0.05, 0.1) is 11.6 Å². The summed E-state index contributed by atoms with van der Waals surface area (Å²) in [5.74, 6) is -0.605. The van der Waals surface area contributed by atoms with Gasteiger partial charge in [0.2, 0.25) is 0 Å². The van der Waals surface area contributed by atoms with Crippen LogP contribution in [0.25, 0.3) is 5.03 Å². The molecule has 0 saturated carbocycles. The molecule has 0 spiro atoms. The van der Waals surface area contributed by atoms with E-state index in [0.29, 0.717) is 11.1 Å². The average molecular weight is 355 g/mol. The summed E-state index contributed by atoms with van der Waals surface area (Å²) in [5, 5.41) is 10.7. The van der Waals surface area contributed by atoms with Crippen LogP contribution in [-0.2, 0) is 9.09 Å². The van der Waals surface area contributed by atoms with E-state index in [9.17, 15) is 14.1 Å². The van der Waals surface area contributed by atoms with Crippen molar-refractivity contribution in [2.24, 2.45) is 0 Å². The molecule has 122 valence electrons. The molecule has 0 fully saturated rings. The van der Waals surface area contributed by atoms with Gasteiger partial charge in [-0.25, -0.2) is 4.39 Å². The number of benzene rings is 2. The minimum absolute atomic E-state index is 0.144. The highest BCUT2D eigenvalue weighted by molar-refractivity contribution is 7.62. The van der Waals surface area contributed by atoms with E-state index in [2.05, 4.69) is 0 Å². The van der Waals surface area contributed by atoms with Gasteiger partial charge >= 0.3 is 0 Å². The molecule has 0 aliphatic carbocycles. The highest BCUT2D eigenvalue weighted by Crippen LogP contribution is 2.61. The van der Waals surface area contributed by atoms with Crippen LogP contribution < -0.4 is 0 Å². The van der Waals surface area contributed by atoms with Crippen LogP contribution in [0.4, 0.5) is 4.39 Å². The Bertz CT molecular complexity index is 716. The third-order valence-electron chi connectivity index (χ3n) is 3.18. The second-order valence-corrected chi connectivity index (χ2v) is 7.53. The Kier molecular flexibility index (Phi) is 6.14. The average Bonchev–Trinajstić information content (AvgIpc) is 2.56. The Labute approximate surface area is 139 Å². The molecule has 3 nitrogen and oxygen atoms in total. The van der Waals surface area contributed by atoms with Crippen molar-refractivity contribution in [2.75, 3.05) is 6.61 Å². The van der Waals surface area contributed by atoms with Gasteiger partial charge in [-0.1, -0.05) is 54.1 Å². The van der Waals surface area contributed by atoms with Crippen molar-refractivity contribution in [3.05, 3.63) is 77.4 Å². The van der Waals surface area contributed by atoms with E-state index in [1.807, 2.05) is 6.07 Å². The number of halogens is 2. The third-order valence-corrected chi connectivity index (χ3v) is 5.92. The Hall–Kier alpha value is -1.45. The fourth-order valence-corrected chi connectivity index (χ4v) is 4.40. The number of hydrogen-bond donors (Lipinski definition) is 1. The molecule has 0 heterocycles. The molecule has 0 aliphatic rings. The fraction of sp³-hybridized carbons (Fsp3) is 0.176. The molecule has 6 heteroatoms. The first kappa shape index (κ1) is 17.9. The summed E-state index contributed by atoms with van der Waals surface area (Å²) >= 11 is 6.22. The summed E-state index contributed by atoms with van der Waals surface area (Å²) in [7, 11) is -3.63. The standard InChI is InChI=1S/C17H17ClFO3P/c1-2-22-23(21,12-16(18)13-6-4-3-5-7-13)17(20)14-8-10-15(19)11-9-14/h3-12,17,20H,2H2,1H3. The first-order valence-corrected chi connectivity index (χ1v) is 9.21. The van der Waals surface area contributed by atoms with Crippen molar-refractivity contribution < 1.29 is 18.6 Å². The fourth-order valence-electron chi connectivity index (χ4n) is 2.05. The van der Waals surface area contributed by atoms with Crippen molar-refractivity contribution in [1.29, 1.82) is 0 Å². The molecule has 2 aromatic rings. The highest BCUT2D eigenvalue weighted by Gasteiger charge is 2.32. The van der Waals surface area contributed by atoms with Gasteiger partial charge in [0.25, 0.3) is 7.37 Å². The lowest BCUT2D eigenvalue weighted by atomic mass is 10.2. The second-order valence-electron chi connectivity index (χ2n) is 4.83. The molecule has 1 N–H and O–H groups in total. The molecular weight excluding hydrogens is 338 g/mol. The lowest BCUT2D eigenvalue weighted by molar-refractivity contribution is 0.218. The van der Waals surface area contributed by atoms with E-state index in [0.717, 1.165) is 0 Å². The molecule has 2 atom stereocenters. The van der Waals surface area contributed by atoms with Gasteiger partial charge in [-0.2, -0.15) is 0 Å². The van der Waals surface area contributed by atoms with E-state index in [1.54, 1.807) is 31.2 Å². The molecule has 0 bridgehead atoms. The predicted molar refractivity (Wildman–Crippen MR) is 90.9 cm³/mol. The summed E-state index contributed by atoms with van der Waals surface area (Å²) < 4.78 is 31.4. The lowest BCUT2D eigenvalue weighted by Crippen LogP contribution is -2.02. The van der Waals surface area contributed by atoms with Crippen LogP contribution in [0.15, 0.2) is 60.4 Å². The van der Waals surface area contributed by atoms with Gasteiger partial charge in [0, 0.05) is 5.82 Å². The zero-order valence-corrected chi connectivity index (χ0v) is 14.2. The summed E-state index contributed by atoms with van der Waals surface area (Å²) in [5.41, 5.74) is 0.970. The largest absolute Gasteiger partial charge is 0.378 e. The first-order chi connectivity index (χ1) is 11.0. The summed E-state index contributed by atoms with van der Waals surface area (Å²) in [4.78, 5) is 0. The molecule has 0 aliphatic heterocycles. The quantitative estimate of drug-likeness (QED) is 0.709. The number of rotatable bonds is 6. The van der Waals surface area contributed by atoms with E-state index in [4.69, 9.17) is 16.1 Å². The Morgan fingerprint density at radius 1 is 1.26 bits per heavy atom. The van der Waals surface area contributed by atoms with E-state index < -0.39 is 19.0 Å². The molecule has 2 rings (SSSR count). The van der Waals surface area contributed by atoms with Gasteiger partial charge in [-0.3, -0.25) is 4.57 Å². The van der Waals surface area contributed by atoms with Crippen LogP contribution in [0, 0.1) is 5.82 Å². The van der Waals surface area contributed by atoms with Crippen LogP contribution in [0.2, 0.25) is 0 Å². The Balaban J connectivity index is 2.38. The highest BCUT2D eigenvalue weighted by atomic mass is 35.5. The minimum Gasteiger partial charge on any atom is -0.378 e. The van der Waals surface area contributed by atoms with Gasteiger partial charge < -0.3 is 9.63 Å². The second kappa shape index (κ2) is 7.89. The minimum atomic E-state index is -3.63. The van der Waals surface area contributed by atoms with Gasteiger partial charge in [-0.05, 0) is 30.2 Å². The van der Waals surface area contributed by atoms with Gasteiger partial charge in [-0.15, -0.1) is 0 Å². The molecule has 2 unspecified atom stereocenters. The SMILES string of the molecule is CCOP(=O)(C=C(Cl)c1ccccc1)C(O)c1ccc(F)cc1. The van der Waals surface area contributed by atoms with Gasteiger partial charge in [0.15, 0.2) is 5.85 Å². The van der Waals surface area contributed by atoms with Crippen molar-refractivity contribution in [2.45, 2.75) is 12.8 Å². The van der Waals surface area contributed by atoms with Crippen molar-refractivity contribution >= 4 is 24.0 Å². The zero-order chi connectivity index (χ0) is 16.9. The number of aliphatic hydroxyl groups is 1. The van der Waals surface area contributed by atoms with Crippen molar-refractivity contribution in [1.82, 2.24) is 0 Å². The first-order valence-electron chi connectivity index (χ1n) is 7.07. The number of hydrogen-bond acceptors (Lipinski definition) is 3. The molecule has 0 amide bonds. The Morgan fingerprint density at radius 3 is 2.43 bits per heavy atom. The van der Waals surface area contributed by atoms with E-state index in [1.165, 1.54) is 30.1 Å². The topological polar surface area (TPSA) is 46.5 Å². The maximum absolute atomic E-state index is 13.1. The molecule has 0 radical (unpaired) electrons. The van der Waals surface area contributed by atoms with Crippen LogP contribution >= 0.6 is 19.0 Å². The summed E-state index contributed by atoms with van der Waals surface area (Å²) in [6, 6.07) is 14.1. The third kappa shape index (κ3) is 4.52. The maximum atomic E-state index is 13.1. The van der Waals surface area contributed by atoms with Gasteiger partial charge in [0.1, 0.15) is 5.82 Å². The van der Waals surface area contributed by atoms with Crippen LogP contribution in [0.3, 0.4) is 0 Å². The van der Waals surface area contributed by atoms with E-state index in [-0.39, 0.29) is 11.6 Å². The van der Waals surface area contributed by atoms with Crippen LogP contribution in [0.1, 0.15) is 23.9 Å². The maximum Gasteiger partial charge on any atom is 0.258 e. The van der Waals surface area contributed by atoms with Crippen molar-refractivity contribution in [3.63, 3.8) is 0 Å². The monoisotopic (exact) mass is 354 g/mol. The van der Waals surface area contributed by atoms with Crippen molar-refractivity contribution in [3.8, 4) is 0 Å². The predicted octanol–water partition coefficient (Wildman–Crippen LogP) is 5.37.